The van der Waals surface area contributed by atoms with Crippen LogP contribution >= 0.6 is 11.3 Å². The van der Waals surface area contributed by atoms with Crippen molar-refractivity contribution in [3.05, 3.63) is 40.2 Å². The Bertz CT molecular complexity index is 494. The molecular weight excluding hydrogens is 228 g/mol. The Morgan fingerprint density at radius 2 is 2.06 bits per heavy atom. The molecule has 0 atom stereocenters. The largest absolute Gasteiger partial charge is 0.241 e. The van der Waals surface area contributed by atoms with Gasteiger partial charge in [0.05, 0.1) is 10.7 Å². The standard InChI is InChI=1S/C12H11F2NS/c1-2-3-12-15-11(7-16-12)8-4-5-9(13)10(14)6-8/h4-7H,2-3H2,1H3. The van der Waals surface area contributed by atoms with Gasteiger partial charge in [0.15, 0.2) is 11.6 Å². The van der Waals surface area contributed by atoms with Crippen molar-refractivity contribution in [2.75, 3.05) is 0 Å². The first kappa shape index (κ1) is 11.2. The van der Waals surface area contributed by atoms with Crippen molar-refractivity contribution in [1.82, 2.24) is 4.98 Å². The molecule has 0 bridgehead atoms. The molecule has 0 aliphatic heterocycles. The Labute approximate surface area is 96.8 Å². The van der Waals surface area contributed by atoms with E-state index in [1.807, 2.05) is 5.38 Å². The molecule has 2 aromatic rings. The maximum Gasteiger partial charge on any atom is 0.159 e. The van der Waals surface area contributed by atoms with Crippen LogP contribution in [0.3, 0.4) is 0 Å². The van der Waals surface area contributed by atoms with Gasteiger partial charge in [-0.25, -0.2) is 13.8 Å². The predicted molar refractivity (Wildman–Crippen MR) is 61.5 cm³/mol. The molecule has 0 aliphatic carbocycles. The third kappa shape index (κ3) is 2.27. The first-order valence-corrected chi connectivity index (χ1v) is 5.98. The van der Waals surface area contributed by atoms with E-state index in [0.29, 0.717) is 11.3 Å². The molecule has 0 unspecified atom stereocenters. The fourth-order valence-corrected chi connectivity index (χ4v) is 2.34. The molecular formula is C12H11F2NS. The van der Waals surface area contributed by atoms with Gasteiger partial charge in [-0.05, 0) is 31.0 Å². The van der Waals surface area contributed by atoms with Gasteiger partial charge in [0.2, 0.25) is 0 Å². The third-order valence-electron chi connectivity index (χ3n) is 2.23. The predicted octanol–water partition coefficient (Wildman–Crippen LogP) is 4.04. The van der Waals surface area contributed by atoms with E-state index in [1.54, 1.807) is 17.4 Å². The molecule has 0 fully saturated rings. The molecule has 0 amide bonds. The number of rotatable bonds is 3. The summed E-state index contributed by atoms with van der Waals surface area (Å²) in [6.07, 6.45) is 1.96. The highest BCUT2D eigenvalue weighted by Crippen LogP contribution is 2.24. The zero-order chi connectivity index (χ0) is 11.5. The molecule has 1 aromatic carbocycles. The van der Waals surface area contributed by atoms with Gasteiger partial charge in [0.25, 0.3) is 0 Å². The maximum atomic E-state index is 13.0. The van der Waals surface area contributed by atoms with Gasteiger partial charge < -0.3 is 0 Å². The number of nitrogens with zero attached hydrogens (tertiary/aromatic N) is 1. The lowest BCUT2D eigenvalue weighted by molar-refractivity contribution is 0.509. The molecule has 0 saturated heterocycles. The summed E-state index contributed by atoms with van der Waals surface area (Å²) in [4.78, 5) is 4.37. The molecule has 2 rings (SSSR count). The molecule has 0 N–H and O–H groups in total. The van der Waals surface area contributed by atoms with Crippen LogP contribution in [-0.4, -0.2) is 4.98 Å². The van der Waals surface area contributed by atoms with E-state index in [1.165, 1.54) is 6.07 Å². The van der Waals surface area contributed by atoms with Gasteiger partial charge >= 0.3 is 0 Å². The topological polar surface area (TPSA) is 12.9 Å². The van der Waals surface area contributed by atoms with Crippen molar-refractivity contribution >= 4 is 11.3 Å². The van der Waals surface area contributed by atoms with Crippen LogP contribution in [-0.2, 0) is 6.42 Å². The van der Waals surface area contributed by atoms with Crippen molar-refractivity contribution in [1.29, 1.82) is 0 Å². The SMILES string of the molecule is CCCc1nc(-c2ccc(F)c(F)c2)cs1. The lowest BCUT2D eigenvalue weighted by Crippen LogP contribution is -1.86. The minimum Gasteiger partial charge on any atom is -0.241 e. The minimum absolute atomic E-state index is 0.623. The van der Waals surface area contributed by atoms with Gasteiger partial charge in [-0.2, -0.15) is 0 Å². The van der Waals surface area contributed by atoms with Crippen molar-refractivity contribution < 1.29 is 8.78 Å². The van der Waals surface area contributed by atoms with E-state index >= 15 is 0 Å². The first-order valence-electron chi connectivity index (χ1n) is 5.10. The summed E-state index contributed by atoms with van der Waals surface area (Å²) < 4.78 is 25.8. The van der Waals surface area contributed by atoms with Crippen LogP contribution in [0.25, 0.3) is 11.3 Å². The number of benzene rings is 1. The molecule has 1 aromatic heterocycles. The Hall–Kier alpha value is -1.29. The summed E-state index contributed by atoms with van der Waals surface area (Å²) >= 11 is 1.55. The lowest BCUT2D eigenvalue weighted by Gasteiger charge is -1.97. The quantitative estimate of drug-likeness (QED) is 0.787. The van der Waals surface area contributed by atoms with Crippen molar-refractivity contribution in [2.45, 2.75) is 19.8 Å². The van der Waals surface area contributed by atoms with Gasteiger partial charge in [-0.1, -0.05) is 6.92 Å². The molecule has 84 valence electrons. The monoisotopic (exact) mass is 239 g/mol. The van der Waals surface area contributed by atoms with Crippen LogP contribution in [0.5, 0.6) is 0 Å². The number of hydrogen-bond donors (Lipinski definition) is 0. The van der Waals surface area contributed by atoms with Crippen molar-refractivity contribution in [3.63, 3.8) is 0 Å². The van der Waals surface area contributed by atoms with Crippen LogP contribution in [0.2, 0.25) is 0 Å². The van der Waals surface area contributed by atoms with Crippen LogP contribution in [0, 0.1) is 11.6 Å². The molecule has 0 saturated carbocycles. The highest BCUT2D eigenvalue weighted by atomic mass is 32.1. The van der Waals surface area contributed by atoms with E-state index in [9.17, 15) is 8.78 Å². The van der Waals surface area contributed by atoms with E-state index in [0.717, 1.165) is 23.9 Å². The van der Waals surface area contributed by atoms with Crippen LogP contribution in [0.4, 0.5) is 8.78 Å². The summed E-state index contributed by atoms with van der Waals surface area (Å²) in [6, 6.07) is 3.85. The Morgan fingerprint density at radius 3 is 2.75 bits per heavy atom. The summed E-state index contributed by atoms with van der Waals surface area (Å²) in [5, 5.41) is 2.90. The van der Waals surface area contributed by atoms with Crippen LogP contribution in [0.15, 0.2) is 23.6 Å². The van der Waals surface area contributed by atoms with E-state index < -0.39 is 11.6 Å². The van der Waals surface area contributed by atoms with Gasteiger partial charge in [-0.3, -0.25) is 0 Å². The van der Waals surface area contributed by atoms with Gasteiger partial charge in [0, 0.05) is 10.9 Å². The molecule has 0 aliphatic rings. The lowest BCUT2D eigenvalue weighted by atomic mass is 10.1. The van der Waals surface area contributed by atoms with Crippen molar-refractivity contribution in [2.24, 2.45) is 0 Å². The highest BCUT2D eigenvalue weighted by molar-refractivity contribution is 7.09. The van der Waals surface area contributed by atoms with E-state index in [2.05, 4.69) is 11.9 Å². The smallest absolute Gasteiger partial charge is 0.159 e. The average molecular weight is 239 g/mol. The molecule has 0 radical (unpaired) electrons. The fourth-order valence-electron chi connectivity index (χ4n) is 1.43. The number of halogens is 2. The molecule has 16 heavy (non-hydrogen) atoms. The molecule has 1 heterocycles. The number of hydrogen-bond acceptors (Lipinski definition) is 2. The minimum atomic E-state index is -0.831. The Balaban J connectivity index is 2.31. The molecule has 0 spiro atoms. The van der Waals surface area contributed by atoms with Crippen molar-refractivity contribution in [3.8, 4) is 11.3 Å². The second kappa shape index (κ2) is 4.70. The highest BCUT2D eigenvalue weighted by Gasteiger charge is 2.07. The summed E-state index contributed by atoms with van der Waals surface area (Å²) in [6.45, 7) is 2.08. The zero-order valence-corrected chi connectivity index (χ0v) is 9.65. The molecule has 1 nitrogen and oxygen atoms in total. The second-order valence-electron chi connectivity index (χ2n) is 3.51. The van der Waals surface area contributed by atoms with E-state index in [4.69, 9.17) is 0 Å². The number of aryl methyl sites for hydroxylation is 1. The Kier molecular flexibility index (Phi) is 3.29. The first-order chi connectivity index (χ1) is 7.70. The van der Waals surface area contributed by atoms with Crippen LogP contribution < -0.4 is 0 Å². The maximum absolute atomic E-state index is 13.0. The Morgan fingerprint density at radius 1 is 1.25 bits per heavy atom. The second-order valence-corrected chi connectivity index (χ2v) is 4.45. The summed E-state index contributed by atoms with van der Waals surface area (Å²) in [5.74, 6) is -1.66. The fraction of sp³-hybridized carbons (Fsp3) is 0.250. The van der Waals surface area contributed by atoms with Gasteiger partial charge in [0.1, 0.15) is 0 Å². The number of thiazole rings is 1. The molecule has 4 heteroatoms. The third-order valence-corrected chi connectivity index (χ3v) is 3.14. The average Bonchev–Trinajstić information content (AvgIpc) is 2.71. The summed E-state index contributed by atoms with van der Waals surface area (Å²) in [5.41, 5.74) is 1.34. The van der Waals surface area contributed by atoms with E-state index in [-0.39, 0.29) is 0 Å². The van der Waals surface area contributed by atoms with Crippen LogP contribution in [0.1, 0.15) is 18.4 Å². The van der Waals surface area contributed by atoms with Gasteiger partial charge in [-0.15, -0.1) is 11.3 Å². The normalized spacial score (nSPS) is 10.7. The number of aromatic nitrogens is 1. The summed E-state index contributed by atoms with van der Waals surface area (Å²) in [7, 11) is 0. The zero-order valence-electron chi connectivity index (χ0n) is 8.84.